The van der Waals surface area contributed by atoms with Crippen molar-refractivity contribution < 1.29 is 14.5 Å². The second kappa shape index (κ2) is 8.15. The van der Waals surface area contributed by atoms with E-state index in [9.17, 15) is 24.5 Å². The highest BCUT2D eigenvalue weighted by Crippen LogP contribution is 2.56. The lowest BCUT2D eigenvalue weighted by atomic mass is 9.75. The van der Waals surface area contributed by atoms with Crippen LogP contribution in [0.15, 0.2) is 71.5 Å². The molecule has 1 spiro atoms. The largest absolute Gasteiger partial charge is 0.296 e. The SMILES string of the molecule is Cc1ccc([N+](=O)[O-])cc1N1C(=O)[C@@H]2[C@H](C(C)C)N[C@@]3(c4ccccc4-n4c3nc3ccccc3c4=O)[C@H]2C1=O. The molecule has 3 aliphatic rings. The molecule has 7 rings (SSSR count). The molecule has 2 amide bonds. The van der Waals surface area contributed by atoms with Crippen LogP contribution in [0.5, 0.6) is 0 Å². The third-order valence-corrected chi connectivity index (χ3v) is 8.66. The van der Waals surface area contributed by atoms with Gasteiger partial charge in [0.05, 0.1) is 39.0 Å². The van der Waals surface area contributed by atoms with Gasteiger partial charge in [0.1, 0.15) is 11.4 Å². The molecule has 2 saturated heterocycles. The number of nitro benzene ring substituents is 1. The highest BCUT2D eigenvalue weighted by atomic mass is 16.6. The van der Waals surface area contributed by atoms with Gasteiger partial charge >= 0.3 is 0 Å². The molecule has 0 saturated carbocycles. The highest BCUT2D eigenvalue weighted by Gasteiger charge is 2.70. The second-order valence-corrected chi connectivity index (χ2v) is 11.1. The van der Waals surface area contributed by atoms with Gasteiger partial charge in [0, 0.05) is 23.7 Å². The van der Waals surface area contributed by atoms with Gasteiger partial charge in [-0.3, -0.25) is 34.4 Å². The molecule has 3 aliphatic heterocycles. The van der Waals surface area contributed by atoms with Gasteiger partial charge in [-0.05, 0) is 36.6 Å². The summed E-state index contributed by atoms with van der Waals surface area (Å²) < 4.78 is 1.56. The maximum Gasteiger partial charge on any atom is 0.271 e. The number of amides is 2. The van der Waals surface area contributed by atoms with Crippen LogP contribution in [0.3, 0.4) is 0 Å². The van der Waals surface area contributed by atoms with Crippen molar-refractivity contribution >= 4 is 34.1 Å². The fourth-order valence-electron chi connectivity index (χ4n) is 6.91. The molecule has 4 heterocycles. The van der Waals surface area contributed by atoms with E-state index in [0.717, 1.165) is 4.90 Å². The molecule has 0 aliphatic carbocycles. The van der Waals surface area contributed by atoms with Crippen molar-refractivity contribution in [2.75, 3.05) is 4.90 Å². The van der Waals surface area contributed by atoms with Crippen LogP contribution < -0.4 is 15.8 Å². The lowest BCUT2D eigenvalue weighted by Crippen LogP contribution is -2.51. The normalized spacial score (nSPS) is 24.7. The van der Waals surface area contributed by atoms with E-state index >= 15 is 0 Å². The summed E-state index contributed by atoms with van der Waals surface area (Å²) in [5.41, 5.74) is 0.876. The average molecular weight is 536 g/mol. The number of hydrogen-bond acceptors (Lipinski definition) is 7. The Kier molecular flexibility index (Phi) is 4.96. The maximum absolute atomic E-state index is 14.5. The summed E-state index contributed by atoms with van der Waals surface area (Å²) in [7, 11) is 0. The van der Waals surface area contributed by atoms with E-state index in [1.165, 1.54) is 12.1 Å². The Bertz CT molecular complexity index is 1860. The van der Waals surface area contributed by atoms with Crippen LogP contribution in [0.25, 0.3) is 16.6 Å². The number of non-ortho nitro benzene ring substituents is 1. The number of aromatic nitrogens is 2. The summed E-state index contributed by atoms with van der Waals surface area (Å²) in [6.45, 7) is 5.68. The summed E-state index contributed by atoms with van der Waals surface area (Å²) in [6.07, 6.45) is 0. The molecular formula is C30H25N5O5. The van der Waals surface area contributed by atoms with Gasteiger partial charge in [-0.15, -0.1) is 0 Å². The fraction of sp³-hybridized carbons (Fsp3) is 0.267. The summed E-state index contributed by atoms with van der Waals surface area (Å²) in [5.74, 6) is -2.26. The van der Waals surface area contributed by atoms with Crippen molar-refractivity contribution in [2.45, 2.75) is 32.4 Å². The van der Waals surface area contributed by atoms with E-state index in [-0.39, 0.29) is 22.9 Å². The summed E-state index contributed by atoms with van der Waals surface area (Å²) in [6, 6.07) is 18.2. The molecule has 10 heteroatoms. The molecule has 0 bridgehead atoms. The monoisotopic (exact) mass is 535 g/mol. The van der Waals surface area contributed by atoms with Crippen LogP contribution in [-0.2, 0) is 15.1 Å². The predicted octanol–water partition coefficient (Wildman–Crippen LogP) is 3.59. The number of imide groups is 1. The molecule has 200 valence electrons. The van der Waals surface area contributed by atoms with Crippen LogP contribution >= 0.6 is 0 Å². The quantitative estimate of drug-likeness (QED) is 0.241. The molecule has 10 nitrogen and oxygen atoms in total. The van der Waals surface area contributed by atoms with Crippen molar-refractivity contribution in [3.63, 3.8) is 0 Å². The van der Waals surface area contributed by atoms with Gasteiger partial charge in [0.25, 0.3) is 11.2 Å². The molecule has 0 radical (unpaired) electrons. The number of carbonyl (C=O) groups excluding carboxylic acids is 2. The summed E-state index contributed by atoms with van der Waals surface area (Å²) in [4.78, 5) is 59.7. The first-order chi connectivity index (χ1) is 19.2. The van der Waals surface area contributed by atoms with Gasteiger partial charge in [-0.1, -0.05) is 50.2 Å². The molecule has 0 unspecified atom stereocenters. The Labute approximate surface area is 228 Å². The van der Waals surface area contributed by atoms with Crippen molar-refractivity contribution in [3.05, 3.63) is 104 Å². The number of rotatable bonds is 3. The second-order valence-electron chi connectivity index (χ2n) is 11.1. The lowest BCUT2D eigenvalue weighted by Gasteiger charge is -2.32. The minimum atomic E-state index is -1.25. The summed E-state index contributed by atoms with van der Waals surface area (Å²) in [5, 5.41) is 15.7. The molecule has 3 aromatic carbocycles. The number of nitro groups is 1. The van der Waals surface area contributed by atoms with Crippen LogP contribution in [0.1, 0.15) is 30.8 Å². The Balaban J connectivity index is 1.52. The molecule has 40 heavy (non-hydrogen) atoms. The van der Waals surface area contributed by atoms with E-state index in [1.807, 2.05) is 38.1 Å². The Morgan fingerprint density at radius 3 is 2.45 bits per heavy atom. The number of para-hydroxylation sites is 2. The van der Waals surface area contributed by atoms with Crippen LogP contribution in [-0.4, -0.2) is 32.3 Å². The first-order valence-electron chi connectivity index (χ1n) is 13.2. The third-order valence-electron chi connectivity index (χ3n) is 8.66. The number of benzene rings is 3. The Morgan fingerprint density at radius 1 is 0.975 bits per heavy atom. The molecule has 2 fully saturated rings. The van der Waals surface area contributed by atoms with Crippen LogP contribution in [0.2, 0.25) is 0 Å². The van der Waals surface area contributed by atoms with E-state index < -0.39 is 40.2 Å². The van der Waals surface area contributed by atoms with E-state index in [0.29, 0.717) is 33.5 Å². The van der Waals surface area contributed by atoms with E-state index in [1.54, 1.807) is 41.8 Å². The number of hydrogen-bond donors (Lipinski definition) is 1. The van der Waals surface area contributed by atoms with E-state index in [4.69, 9.17) is 4.98 Å². The number of anilines is 1. The standard InChI is InChI=1S/C30H25N5O5/c1-15(2)25-23-24(28(38)33(27(23)37)22-14-17(35(39)40)13-12-16(22)3)30(32-25)19-9-5-7-11-21(19)34-26(36)18-8-4-6-10-20(18)31-29(30)34/h4-15,23-25,32H,1-3H3/t23-,24+,25-,30-/m0/s1. The van der Waals surface area contributed by atoms with Gasteiger partial charge < -0.3 is 0 Å². The van der Waals surface area contributed by atoms with Gasteiger partial charge in [0.2, 0.25) is 11.8 Å². The van der Waals surface area contributed by atoms with Gasteiger partial charge in [-0.25, -0.2) is 9.88 Å². The first kappa shape index (κ1) is 24.3. The average Bonchev–Trinajstić information content (AvgIpc) is 3.53. The molecule has 1 aromatic heterocycles. The molecule has 1 N–H and O–H groups in total. The lowest BCUT2D eigenvalue weighted by molar-refractivity contribution is -0.384. The molecule has 4 aromatic rings. The topological polar surface area (TPSA) is 127 Å². The minimum Gasteiger partial charge on any atom is -0.296 e. The first-order valence-corrected chi connectivity index (χ1v) is 13.2. The van der Waals surface area contributed by atoms with E-state index in [2.05, 4.69) is 5.32 Å². The van der Waals surface area contributed by atoms with Gasteiger partial charge in [0.15, 0.2) is 0 Å². The van der Waals surface area contributed by atoms with Crippen LogP contribution in [0.4, 0.5) is 11.4 Å². The highest BCUT2D eigenvalue weighted by molar-refractivity contribution is 6.23. The zero-order valence-corrected chi connectivity index (χ0v) is 22.0. The summed E-state index contributed by atoms with van der Waals surface area (Å²) >= 11 is 0. The number of carbonyl (C=O) groups is 2. The van der Waals surface area contributed by atoms with Crippen LogP contribution in [0, 0.1) is 34.8 Å². The smallest absolute Gasteiger partial charge is 0.271 e. The van der Waals surface area contributed by atoms with Gasteiger partial charge in [-0.2, -0.15) is 0 Å². The number of nitrogens with zero attached hydrogens (tertiary/aromatic N) is 4. The van der Waals surface area contributed by atoms with Crippen molar-refractivity contribution in [2.24, 2.45) is 17.8 Å². The van der Waals surface area contributed by atoms with Crippen molar-refractivity contribution in [1.29, 1.82) is 0 Å². The number of nitrogens with one attached hydrogen (secondary N) is 1. The molecular weight excluding hydrogens is 510 g/mol. The number of fused-ring (bicyclic) bond motifs is 8. The number of aryl methyl sites for hydroxylation is 1. The zero-order chi connectivity index (χ0) is 28.1. The third kappa shape index (κ3) is 2.91. The maximum atomic E-state index is 14.5. The van der Waals surface area contributed by atoms with Crippen molar-refractivity contribution in [1.82, 2.24) is 14.9 Å². The minimum absolute atomic E-state index is 0.0526. The zero-order valence-electron chi connectivity index (χ0n) is 22.0. The van der Waals surface area contributed by atoms with Crippen molar-refractivity contribution in [3.8, 4) is 5.69 Å². The fourth-order valence-corrected chi connectivity index (χ4v) is 6.91. The Hall–Kier alpha value is -4.70. The Morgan fingerprint density at radius 2 is 1.70 bits per heavy atom. The molecule has 4 atom stereocenters. The predicted molar refractivity (Wildman–Crippen MR) is 147 cm³/mol.